The zero-order valence-corrected chi connectivity index (χ0v) is 11.4. The summed E-state index contributed by atoms with van der Waals surface area (Å²) in [6, 6.07) is 4.01. The SMILES string of the molecule is COCC(C)Cc1nc2nc(N(C)C)ccc2[nH]1. The number of pyridine rings is 1. The molecule has 0 aliphatic carbocycles. The van der Waals surface area contributed by atoms with Gasteiger partial charge in [0.1, 0.15) is 11.6 Å². The van der Waals surface area contributed by atoms with E-state index >= 15 is 0 Å². The second-order valence-electron chi connectivity index (χ2n) is 4.88. The van der Waals surface area contributed by atoms with Crippen LogP contribution in [0.15, 0.2) is 12.1 Å². The molecule has 0 saturated heterocycles. The minimum atomic E-state index is 0.448. The van der Waals surface area contributed by atoms with Crippen LogP contribution < -0.4 is 4.90 Å². The van der Waals surface area contributed by atoms with E-state index in [1.807, 2.05) is 31.1 Å². The van der Waals surface area contributed by atoms with Gasteiger partial charge in [-0.15, -0.1) is 0 Å². The molecule has 0 saturated carbocycles. The highest BCUT2D eigenvalue weighted by atomic mass is 16.5. The van der Waals surface area contributed by atoms with Crippen molar-refractivity contribution in [3.63, 3.8) is 0 Å². The smallest absolute Gasteiger partial charge is 0.179 e. The van der Waals surface area contributed by atoms with Gasteiger partial charge in [0.05, 0.1) is 5.52 Å². The second kappa shape index (κ2) is 5.35. The number of fused-ring (bicyclic) bond motifs is 1. The fourth-order valence-electron chi connectivity index (χ4n) is 1.95. The third-order valence-electron chi connectivity index (χ3n) is 2.83. The number of nitrogens with one attached hydrogen (secondary N) is 1. The number of rotatable bonds is 5. The van der Waals surface area contributed by atoms with Crippen molar-refractivity contribution in [2.75, 3.05) is 32.7 Å². The van der Waals surface area contributed by atoms with Crippen LogP contribution in [0.25, 0.3) is 11.2 Å². The summed E-state index contributed by atoms with van der Waals surface area (Å²) in [6.07, 6.45) is 0.876. The van der Waals surface area contributed by atoms with Gasteiger partial charge in [0.2, 0.25) is 0 Å². The average Bonchev–Trinajstić information content (AvgIpc) is 2.69. The van der Waals surface area contributed by atoms with Crippen molar-refractivity contribution < 1.29 is 4.74 Å². The zero-order valence-electron chi connectivity index (χ0n) is 11.4. The summed E-state index contributed by atoms with van der Waals surface area (Å²) in [4.78, 5) is 14.3. The van der Waals surface area contributed by atoms with E-state index in [0.29, 0.717) is 5.92 Å². The molecule has 0 spiro atoms. The highest BCUT2D eigenvalue weighted by Crippen LogP contribution is 2.16. The average molecular weight is 248 g/mol. The number of nitrogens with zero attached hydrogens (tertiary/aromatic N) is 3. The van der Waals surface area contributed by atoms with Gasteiger partial charge in [0.25, 0.3) is 0 Å². The van der Waals surface area contributed by atoms with Crippen molar-refractivity contribution in [2.45, 2.75) is 13.3 Å². The largest absolute Gasteiger partial charge is 0.384 e. The Kier molecular flexibility index (Phi) is 3.81. The lowest BCUT2D eigenvalue weighted by Gasteiger charge is -2.09. The van der Waals surface area contributed by atoms with Gasteiger partial charge < -0.3 is 14.6 Å². The first-order chi connectivity index (χ1) is 8.60. The molecule has 0 aliphatic heterocycles. The van der Waals surface area contributed by atoms with Gasteiger partial charge in [-0.1, -0.05) is 6.92 Å². The first-order valence-corrected chi connectivity index (χ1v) is 6.12. The van der Waals surface area contributed by atoms with Crippen LogP contribution in [-0.4, -0.2) is 42.8 Å². The lowest BCUT2D eigenvalue weighted by Crippen LogP contribution is -2.10. The van der Waals surface area contributed by atoms with Crippen molar-refractivity contribution >= 4 is 17.0 Å². The van der Waals surface area contributed by atoms with Crippen molar-refractivity contribution in [1.29, 1.82) is 0 Å². The zero-order chi connectivity index (χ0) is 13.1. The van der Waals surface area contributed by atoms with E-state index in [1.54, 1.807) is 7.11 Å². The molecular weight excluding hydrogens is 228 g/mol. The molecule has 0 fully saturated rings. The first-order valence-electron chi connectivity index (χ1n) is 6.12. The van der Waals surface area contributed by atoms with Crippen molar-refractivity contribution in [3.05, 3.63) is 18.0 Å². The number of aromatic amines is 1. The summed E-state index contributed by atoms with van der Waals surface area (Å²) in [5, 5.41) is 0. The first kappa shape index (κ1) is 12.8. The Bertz CT molecular complexity index is 521. The molecule has 1 unspecified atom stereocenters. The van der Waals surface area contributed by atoms with E-state index in [2.05, 4.69) is 21.9 Å². The molecule has 18 heavy (non-hydrogen) atoms. The van der Waals surface area contributed by atoms with E-state index in [9.17, 15) is 0 Å². The van der Waals surface area contributed by atoms with Gasteiger partial charge in [-0.2, -0.15) is 0 Å². The molecule has 0 aliphatic rings. The molecule has 5 heteroatoms. The molecule has 2 rings (SSSR count). The van der Waals surface area contributed by atoms with Crippen molar-refractivity contribution in [3.8, 4) is 0 Å². The third-order valence-corrected chi connectivity index (χ3v) is 2.83. The Hall–Kier alpha value is -1.62. The maximum absolute atomic E-state index is 5.14. The lowest BCUT2D eigenvalue weighted by atomic mass is 10.1. The Morgan fingerprint density at radius 3 is 2.78 bits per heavy atom. The molecule has 2 aromatic rings. The molecule has 1 atom stereocenters. The lowest BCUT2D eigenvalue weighted by molar-refractivity contribution is 0.159. The number of imidazole rings is 1. The number of methoxy groups -OCH3 is 1. The Morgan fingerprint density at radius 2 is 2.11 bits per heavy atom. The van der Waals surface area contributed by atoms with Crippen LogP contribution in [0.2, 0.25) is 0 Å². The molecule has 98 valence electrons. The fraction of sp³-hybridized carbons (Fsp3) is 0.538. The summed E-state index contributed by atoms with van der Waals surface area (Å²) >= 11 is 0. The normalized spacial score (nSPS) is 12.9. The molecule has 0 bridgehead atoms. The summed E-state index contributed by atoms with van der Waals surface area (Å²) in [5.41, 5.74) is 1.76. The van der Waals surface area contributed by atoms with Crippen LogP contribution in [0.4, 0.5) is 5.82 Å². The topological polar surface area (TPSA) is 54.0 Å². The van der Waals surface area contributed by atoms with Gasteiger partial charge in [0, 0.05) is 34.2 Å². The van der Waals surface area contributed by atoms with Gasteiger partial charge in [-0.25, -0.2) is 9.97 Å². The molecule has 0 radical (unpaired) electrons. The third kappa shape index (κ3) is 2.79. The van der Waals surface area contributed by atoms with Crippen LogP contribution in [0, 0.1) is 5.92 Å². The summed E-state index contributed by atoms with van der Waals surface area (Å²) in [6.45, 7) is 2.89. The van der Waals surface area contributed by atoms with Crippen LogP contribution in [0.5, 0.6) is 0 Å². The van der Waals surface area contributed by atoms with Crippen LogP contribution in [0.1, 0.15) is 12.7 Å². The second-order valence-corrected chi connectivity index (χ2v) is 4.88. The number of hydrogen-bond acceptors (Lipinski definition) is 4. The minimum Gasteiger partial charge on any atom is -0.384 e. The monoisotopic (exact) mass is 248 g/mol. The molecule has 2 heterocycles. The molecule has 2 aromatic heterocycles. The Morgan fingerprint density at radius 1 is 1.33 bits per heavy atom. The maximum Gasteiger partial charge on any atom is 0.179 e. The number of H-pyrrole nitrogens is 1. The van der Waals surface area contributed by atoms with Crippen LogP contribution in [0.3, 0.4) is 0 Å². The van der Waals surface area contributed by atoms with Gasteiger partial charge >= 0.3 is 0 Å². The van der Waals surface area contributed by atoms with Crippen molar-refractivity contribution in [1.82, 2.24) is 15.0 Å². The van der Waals surface area contributed by atoms with Crippen LogP contribution in [-0.2, 0) is 11.2 Å². The fourth-order valence-corrected chi connectivity index (χ4v) is 1.95. The molecule has 1 N–H and O–H groups in total. The van der Waals surface area contributed by atoms with E-state index in [0.717, 1.165) is 35.8 Å². The molecule has 0 amide bonds. The van der Waals surface area contributed by atoms with E-state index in [-0.39, 0.29) is 0 Å². The van der Waals surface area contributed by atoms with E-state index in [1.165, 1.54) is 0 Å². The minimum absolute atomic E-state index is 0.448. The molecular formula is C13H20N4O. The Balaban J connectivity index is 2.21. The number of aromatic nitrogens is 3. The summed E-state index contributed by atoms with van der Waals surface area (Å²) in [5.74, 6) is 2.34. The van der Waals surface area contributed by atoms with E-state index < -0.39 is 0 Å². The van der Waals surface area contributed by atoms with Crippen molar-refractivity contribution in [2.24, 2.45) is 5.92 Å². The van der Waals surface area contributed by atoms with Gasteiger partial charge in [-0.05, 0) is 18.1 Å². The van der Waals surface area contributed by atoms with Gasteiger partial charge in [-0.3, -0.25) is 0 Å². The Labute approximate surface area is 107 Å². The van der Waals surface area contributed by atoms with E-state index in [4.69, 9.17) is 4.74 Å². The molecule has 0 aromatic carbocycles. The summed E-state index contributed by atoms with van der Waals surface area (Å²) in [7, 11) is 5.67. The number of ether oxygens (including phenoxy) is 1. The number of hydrogen-bond donors (Lipinski definition) is 1. The molecule has 5 nitrogen and oxygen atoms in total. The highest BCUT2D eigenvalue weighted by molar-refractivity contribution is 5.73. The van der Waals surface area contributed by atoms with Gasteiger partial charge in [0.15, 0.2) is 5.65 Å². The number of anilines is 1. The maximum atomic E-state index is 5.14. The van der Waals surface area contributed by atoms with Crippen LogP contribution >= 0.6 is 0 Å². The predicted octanol–water partition coefficient (Wildman–Crippen LogP) is 1.85. The highest BCUT2D eigenvalue weighted by Gasteiger charge is 2.09. The quantitative estimate of drug-likeness (QED) is 0.877. The standard InChI is InChI=1S/C13H20N4O/c1-9(8-18-4)7-11-14-10-5-6-12(17(2)3)16-13(10)15-11/h5-6,9H,7-8H2,1-4H3,(H,14,15,16). The predicted molar refractivity (Wildman–Crippen MR) is 73.0 cm³/mol. The summed E-state index contributed by atoms with van der Waals surface area (Å²) < 4.78 is 5.14.